The molecule has 8 heteroatoms. The molecule has 0 radical (unpaired) electrons. The smallest absolute Gasteiger partial charge is 0.340 e. The first-order valence-electron chi connectivity index (χ1n) is 9.93. The standard InChI is InChI=1S/C21H27N3O5/c1-5-28-21(27)17-13(2)18(22-14(17)3)19(25)15(4)23-8-10-24(11-9-23)20(26)16-7-6-12-29-16/h6-7,12,15,22H,5,8-11H2,1-4H3/p+1/t15-/m0/s1. The number of ketones is 1. The molecule has 1 fully saturated rings. The highest BCUT2D eigenvalue weighted by Crippen LogP contribution is 2.20. The number of ether oxygens (including phenoxy) is 1. The summed E-state index contributed by atoms with van der Waals surface area (Å²) < 4.78 is 10.3. The van der Waals surface area contributed by atoms with E-state index in [2.05, 4.69) is 4.98 Å². The SMILES string of the molecule is CCOC(=O)c1c(C)[nH]c(C(=O)[C@H](C)[NH+]2CCN(C(=O)c3ccco3)CC2)c1C. The second-order valence-corrected chi connectivity index (χ2v) is 7.36. The van der Waals surface area contributed by atoms with Crippen molar-refractivity contribution in [3.63, 3.8) is 0 Å². The lowest BCUT2D eigenvalue weighted by atomic mass is 10.0. The minimum atomic E-state index is -0.414. The molecule has 1 aliphatic rings. The molecular weight excluding hydrogens is 374 g/mol. The number of H-pyrrole nitrogens is 1. The molecule has 8 nitrogen and oxygen atoms in total. The lowest BCUT2D eigenvalue weighted by Crippen LogP contribution is -3.18. The number of rotatable bonds is 6. The number of nitrogens with zero attached hydrogens (tertiary/aromatic N) is 1. The van der Waals surface area contributed by atoms with Crippen LogP contribution in [0.15, 0.2) is 22.8 Å². The zero-order valence-electron chi connectivity index (χ0n) is 17.3. The number of nitrogens with one attached hydrogen (secondary N) is 2. The van der Waals surface area contributed by atoms with Gasteiger partial charge in [0.05, 0.1) is 50.3 Å². The van der Waals surface area contributed by atoms with Gasteiger partial charge >= 0.3 is 5.97 Å². The zero-order valence-corrected chi connectivity index (χ0v) is 17.3. The molecule has 3 heterocycles. The summed E-state index contributed by atoms with van der Waals surface area (Å²) in [6.45, 7) is 9.92. The van der Waals surface area contributed by atoms with Gasteiger partial charge in [0, 0.05) is 5.69 Å². The number of aromatic amines is 1. The Morgan fingerprint density at radius 1 is 1.28 bits per heavy atom. The average molecular weight is 402 g/mol. The lowest BCUT2D eigenvalue weighted by Gasteiger charge is -2.34. The topological polar surface area (TPSA) is 97.0 Å². The maximum atomic E-state index is 13.1. The van der Waals surface area contributed by atoms with Gasteiger partial charge in [0.2, 0.25) is 5.78 Å². The van der Waals surface area contributed by atoms with E-state index < -0.39 is 5.97 Å². The number of esters is 1. The Kier molecular flexibility index (Phi) is 6.22. The van der Waals surface area contributed by atoms with Gasteiger partial charge < -0.3 is 23.9 Å². The first-order valence-corrected chi connectivity index (χ1v) is 9.93. The van der Waals surface area contributed by atoms with E-state index >= 15 is 0 Å². The largest absolute Gasteiger partial charge is 0.462 e. The number of furan rings is 1. The third-order valence-corrected chi connectivity index (χ3v) is 5.59. The van der Waals surface area contributed by atoms with Crippen LogP contribution >= 0.6 is 0 Å². The third-order valence-electron chi connectivity index (χ3n) is 5.59. The molecule has 1 aliphatic heterocycles. The maximum absolute atomic E-state index is 13.1. The summed E-state index contributed by atoms with van der Waals surface area (Å²) in [5, 5.41) is 0. The van der Waals surface area contributed by atoms with E-state index in [1.807, 2.05) is 6.92 Å². The van der Waals surface area contributed by atoms with Crippen molar-refractivity contribution in [2.24, 2.45) is 0 Å². The fourth-order valence-corrected chi connectivity index (χ4v) is 3.89. The van der Waals surface area contributed by atoms with E-state index in [1.54, 1.807) is 37.8 Å². The minimum absolute atomic E-state index is 0.0399. The Morgan fingerprint density at radius 2 is 1.97 bits per heavy atom. The number of piperazine rings is 1. The summed E-state index contributed by atoms with van der Waals surface area (Å²) in [7, 11) is 0. The fraction of sp³-hybridized carbons (Fsp3) is 0.476. The van der Waals surface area contributed by atoms with Gasteiger partial charge in [0.1, 0.15) is 0 Å². The van der Waals surface area contributed by atoms with Crippen LogP contribution in [0.25, 0.3) is 0 Å². The number of quaternary nitrogens is 1. The first kappa shape index (κ1) is 20.9. The molecule has 1 amide bonds. The van der Waals surface area contributed by atoms with Gasteiger partial charge in [-0.3, -0.25) is 9.59 Å². The molecule has 1 saturated heterocycles. The average Bonchev–Trinajstić information content (AvgIpc) is 3.35. The van der Waals surface area contributed by atoms with Gasteiger partial charge in [-0.05, 0) is 45.4 Å². The van der Waals surface area contributed by atoms with Crippen molar-refractivity contribution in [3.05, 3.63) is 46.7 Å². The van der Waals surface area contributed by atoms with Crippen molar-refractivity contribution < 1.29 is 28.4 Å². The molecule has 0 bridgehead atoms. The Bertz CT molecular complexity index is 892. The molecular formula is C21H28N3O5+. The second-order valence-electron chi connectivity index (χ2n) is 7.36. The quantitative estimate of drug-likeness (QED) is 0.555. The molecule has 1 atom stereocenters. The number of amides is 1. The summed E-state index contributed by atoms with van der Waals surface area (Å²) in [6.07, 6.45) is 1.49. The van der Waals surface area contributed by atoms with Gasteiger partial charge in [0.25, 0.3) is 5.91 Å². The van der Waals surface area contributed by atoms with Crippen LogP contribution in [0, 0.1) is 13.8 Å². The van der Waals surface area contributed by atoms with Crippen LogP contribution < -0.4 is 4.90 Å². The minimum Gasteiger partial charge on any atom is -0.462 e. The van der Waals surface area contributed by atoms with E-state index in [0.717, 1.165) is 4.90 Å². The number of carbonyl (C=O) groups excluding carboxylic acids is 3. The van der Waals surface area contributed by atoms with Crippen molar-refractivity contribution in [2.75, 3.05) is 32.8 Å². The predicted octanol–water partition coefficient (Wildman–Crippen LogP) is 1.01. The van der Waals surface area contributed by atoms with Crippen molar-refractivity contribution >= 4 is 17.7 Å². The van der Waals surface area contributed by atoms with E-state index in [1.165, 1.54) is 6.26 Å². The molecule has 0 saturated carbocycles. The highest BCUT2D eigenvalue weighted by atomic mass is 16.5. The number of hydrogen-bond donors (Lipinski definition) is 2. The summed E-state index contributed by atoms with van der Waals surface area (Å²) >= 11 is 0. The van der Waals surface area contributed by atoms with E-state index in [9.17, 15) is 14.4 Å². The van der Waals surface area contributed by atoms with E-state index in [4.69, 9.17) is 9.15 Å². The van der Waals surface area contributed by atoms with Gasteiger partial charge in [-0.2, -0.15) is 0 Å². The molecule has 0 spiro atoms. The predicted molar refractivity (Wildman–Crippen MR) is 105 cm³/mol. The van der Waals surface area contributed by atoms with Crippen LogP contribution in [0.5, 0.6) is 0 Å². The monoisotopic (exact) mass is 402 g/mol. The zero-order chi connectivity index (χ0) is 21.1. The summed E-state index contributed by atoms with van der Waals surface area (Å²) in [6, 6.07) is 3.06. The van der Waals surface area contributed by atoms with Gasteiger partial charge in [0.15, 0.2) is 11.8 Å². The molecule has 0 unspecified atom stereocenters. The van der Waals surface area contributed by atoms with E-state index in [0.29, 0.717) is 54.5 Å². The van der Waals surface area contributed by atoms with Crippen LogP contribution in [0.3, 0.4) is 0 Å². The lowest BCUT2D eigenvalue weighted by molar-refractivity contribution is -0.917. The molecule has 156 valence electrons. The van der Waals surface area contributed by atoms with E-state index in [-0.39, 0.29) is 24.3 Å². The number of aryl methyl sites for hydroxylation is 1. The third kappa shape index (κ3) is 4.12. The number of Topliss-reactive ketones (excluding diaryl/α,β-unsaturated/α-hetero) is 1. The van der Waals surface area contributed by atoms with Gasteiger partial charge in [-0.1, -0.05) is 0 Å². The summed E-state index contributed by atoms with van der Waals surface area (Å²) in [5.74, 6) is -0.241. The maximum Gasteiger partial charge on any atom is 0.340 e. The Labute approximate surface area is 169 Å². The number of hydrogen-bond acceptors (Lipinski definition) is 5. The van der Waals surface area contributed by atoms with Crippen LogP contribution in [-0.4, -0.2) is 66.4 Å². The van der Waals surface area contributed by atoms with Crippen molar-refractivity contribution in [1.29, 1.82) is 0 Å². The van der Waals surface area contributed by atoms with Crippen molar-refractivity contribution in [2.45, 2.75) is 33.7 Å². The summed E-state index contributed by atoms with van der Waals surface area (Å²) in [4.78, 5) is 43.6. The molecule has 3 rings (SSSR count). The molecule has 0 aliphatic carbocycles. The number of carbonyl (C=O) groups is 3. The van der Waals surface area contributed by atoms with Crippen LogP contribution in [0.1, 0.15) is 56.5 Å². The second kappa shape index (κ2) is 8.65. The van der Waals surface area contributed by atoms with Crippen molar-refractivity contribution in [1.82, 2.24) is 9.88 Å². The van der Waals surface area contributed by atoms with Crippen LogP contribution in [0.4, 0.5) is 0 Å². The normalized spacial score (nSPS) is 15.9. The molecule has 0 aromatic carbocycles. The Morgan fingerprint density at radius 3 is 2.55 bits per heavy atom. The Balaban J connectivity index is 1.66. The molecule has 29 heavy (non-hydrogen) atoms. The first-order chi connectivity index (χ1) is 13.8. The van der Waals surface area contributed by atoms with Gasteiger partial charge in [-0.15, -0.1) is 0 Å². The number of aromatic nitrogens is 1. The fourth-order valence-electron chi connectivity index (χ4n) is 3.89. The Hall–Kier alpha value is -2.87. The highest BCUT2D eigenvalue weighted by Gasteiger charge is 2.34. The van der Waals surface area contributed by atoms with Crippen molar-refractivity contribution in [3.8, 4) is 0 Å². The molecule has 2 aromatic heterocycles. The van der Waals surface area contributed by atoms with Gasteiger partial charge in [-0.25, -0.2) is 4.79 Å². The molecule has 2 N–H and O–H groups in total. The van der Waals surface area contributed by atoms with Crippen LogP contribution in [-0.2, 0) is 4.74 Å². The highest BCUT2D eigenvalue weighted by molar-refractivity contribution is 6.03. The van der Waals surface area contributed by atoms with Crippen LogP contribution in [0.2, 0.25) is 0 Å². The molecule has 2 aromatic rings. The summed E-state index contributed by atoms with van der Waals surface area (Å²) in [5.41, 5.74) is 2.16.